The summed E-state index contributed by atoms with van der Waals surface area (Å²) in [7, 11) is -3.64. The van der Waals surface area contributed by atoms with Gasteiger partial charge in [0.25, 0.3) is 5.91 Å². The third-order valence-electron chi connectivity index (χ3n) is 5.02. The van der Waals surface area contributed by atoms with Crippen LogP contribution in [0.3, 0.4) is 0 Å². The van der Waals surface area contributed by atoms with Crippen LogP contribution in [-0.4, -0.2) is 31.2 Å². The summed E-state index contributed by atoms with van der Waals surface area (Å²) in [4.78, 5) is 12.7. The first-order valence-electron chi connectivity index (χ1n) is 9.39. The van der Waals surface area contributed by atoms with Gasteiger partial charge in [-0.3, -0.25) is 4.79 Å². The monoisotopic (exact) mass is 397 g/mol. The van der Waals surface area contributed by atoms with E-state index in [1.54, 1.807) is 40.7 Å². The number of carbonyl (C=O) groups excluding carboxylic acids is 1. The minimum absolute atomic E-state index is 0.00915. The molecule has 6 nitrogen and oxygen atoms in total. The Hall–Kier alpha value is -2.69. The summed E-state index contributed by atoms with van der Waals surface area (Å²) >= 11 is 0. The molecule has 0 radical (unpaired) electrons. The Balaban J connectivity index is 1.82. The molecule has 2 aromatic carbocycles. The number of rotatable bonds is 5. The molecule has 28 heavy (non-hydrogen) atoms. The molecule has 1 N–H and O–H groups in total. The Bertz CT molecular complexity index is 994. The summed E-state index contributed by atoms with van der Waals surface area (Å²) in [5.41, 5.74) is 1.31. The highest BCUT2D eigenvalue weighted by atomic mass is 32.2. The highest BCUT2D eigenvalue weighted by molar-refractivity contribution is 7.89. The SMILES string of the molecule is CCC1CCCCN1S(=O)(=O)c1cccc(C(=O)Nc2ccc(C#N)cc2)c1. The van der Waals surface area contributed by atoms with E-state index in [1.165, 1.54) is 12.1 Å². The Labute approximate surface area is 165 Å². The van der Waals surface area contributed by atoms with E-state index < -0.39 is 15.9 Å². The predicted molar refractivity (Wildman–Crippen MR) is 107 cm³/mol. The lowest BCUT2D eigenvalue weighted by Gasteiger charge is -2.34. The van der Waals surface area contributed by atoms with Gasteiger partial charge in [-0.25, -0.2) is 8.42 Å². The molecule has 1 aliphatic rings. The lowest BCUT2D eigenvalue weighted by Crippen LogP contribution is -2.43. The molecule has 1 atom stereocenters. The largest absolute Gasteiger partial charge is 0.322 e. The summed E-state index contributed by atoms with van der Waals surface area (Å²) in [5, 5.41) is 11.6. The second-order valence-corrected chi connectivity index (χ2v) is 8.74. The molecule has 0 saturated carbocycles. The topological polar surface area (TPSA) is 90.3 Å². The number of sulfonamides is 1. The van der Waals surface area contributed by atoms with Crippen LogP contribution >= 0.6 is 0 Å². The van der Waals surface area contributed by atoms with Gasteiger partial charge >= 0.3 is 0 Å². The van der Waals surface area contributed by atoms with Crippen LogP contribution in [-0.2, 0) is 10.0 Å². The van der Waals surface area contributed by atoms with Crippen molar-refractivity contribution < 1.29 is 13.2 Å². The zero-order valence-corrected chi connectivity index (χ0v) is 16.6. The minimum atomic E-state index is -3.64. The quantitative estimate of drug-likeness (QED) is 0.832. The lowest BCUT2D eigenvalue weighted by atomic mass is 10.0. The van der Waals surface area contributed by atoms with Crippen LogP contribution in [0.4, 0.5) is 5.69 Å². The van der Waals surface area contributed by atoms with Gasteiger partial charge in [-0.2, -0.15) is 9.57 Å². The van der Waals surface area contributed by atoms with Crippen LogP contribution in [0.2, 0.25) is 0 Å². The Morgan fingerprint density at radius 3 is 2.64 bits per heavy atom. The van der Waals surface area contributed by atoms with Gasteiger partial charge in [0.15, 0.2) is 0 Å². The first-order chi connectivity index (χ1) is 13.5. The van der Waals surface area contributed by atoms with E-state index >= 15 is 0 Å². The minimum Gasteiger partial charge on any atom is -0.322 e. The van der Waals surface area contributed by atoms with E-state index in [4.69, 9.17) is 5.26 Å². The molecule has 3 rings (SSSR count). The molecule has 1 heterocycles. The van der Waals surface area contributed by atoms with Crippen LogP contribution in [0, 0.1) is 11.3 Å². The van der Waals surface area contributed by atoms with Crippen LogP contribution in [0.1, 0.15) is 48.5 Å². The summed E-state index contributed by atoms with van der Waals surface area (Å²) in [5.74, 6) is -0.396. The lowest BCUT2D eigenvalue weighted by molar-refractivity contribution is 0.102. The third-order valence-corrected chi connectivity index (χ3v) is 6.97. The molecule has 1 amide bonds. The molecule has 1 unspecified atom stereocenters. The molecule has 2 aromatic rings. The molecule has 0 spiro atoms. The highest BCUT2D eigenvalue weighted by Crippen LogP contribution is 2.27. The van der Waals surface area contributed by atoms with Crippen molar-refractivity contribution in [2.45, 2.75) is 43.5 Å². The molecular formula is C21H23N3O3S. The highest BCUT2D eigenvalue weighted by Gasteiger charge is 2.32. The van der Waals surface area contributed by atoms with Gasteiger partial charge in [0.05, 0.1) is 16.5 Å². The molecule has 146 valence electrons. The van der Waals surface area contributed by atoms with Gasteiger partial charge in [-0.15, -0.1) is 0 Å². The second-order valence-electron chi connectivity index (χ2n) is 6.84. The van der Waals surface area contributed by atoms with Crippen molar-refractivity contribution in [2.75, 3.05) is 11.9 Å². The van der Waals surface area contributed by atoms with Crippen LogP contribution in [0.5, 0.6) is 0 Å². The molecule has 0 aliphatic carbocycles. The number of hydrogen-bond donors (Lipinski definition) is 1. The van der Waals surface area contributed by atoms with E-state index in [-0.39, 0.29) is 16.5 Å². The summed E-state index contributed by atoms with van der Waals surface area (Å²) in [6.45, 7) is 2.52. The van der Waals surface area contributed by atoms with Gasteiger partial charge in [-0.05, 0) is 61.7 Å². The smallest absolute Gasteiger partial charge is 0.255 e. The Kier molecular flexibility index (Phi) is 6.12. The van der Waals surface area contributed by atoms with Crippen LogP contribution < -0.4 is 5.32 Å². The number of anilines is 1. The summed E-state index contributed by atoms with van der Waals surface area (Å²) in [6, 6.07) is 14.7. The Morgan fingerprint density at radius 1 is 1.21 bits per heavy atom. The normalized spacial score (nSPS) is 17.6. The fraction of sp³-hybridized carbons (Fsp3) is 0.333. The number of nitriles is 1. The van der Waals surface area contributed by atoms with Gasteiger partial charge < -0.3 is 5.32 Å². The number of hydrogen-bond acceptors (Lipinski definition) is 4. The molecular weight excluding hydrogens is 374 g/mol. The average Bonchev–Trinajstić information content (AvgIpc) is 2.74. The van der Waals surface area contributed by atoms with E-state index in [2.05, 4.69) is 5.32 Å². The maximum Gasteiger partial charge on any atom is 0.255 e. The number of carbonyl (C=O) groups is 1. The second kappa shape index (κ2) is 8.55. The van der Waals surface area contributed by atoms with Gasteiger partial charge in [-0.1, -0.05) is 19.4 Å². The Morgan fingerprint density at radius 2 is 1.96 bits per heavy atom. The van der Waals surface area contributed by atoms with Gasteiger partial charge in [0.1, 0.15) is 0 Å². The fourth-order valence-corrected chi connectivity index (χ4v) is 5.28. The van der Waals surface area contributed by atoms with E-state index in [0.29, 0.717) is 17.8 Å². The average molecular weight is 398 g/mol. The molecule has 1 fully saturated rings. The van der Waals surface area contributed by atoms with Crippen molar-refractivity contribution in [3.63, 3.8) is 0 Å². The summed E-state index contributed by atoms with van der Waals surface area (Å²) in [6.07, 6.45) is 3.54. The van der Waals surface area contributed by atoms with E-state index in [9.17, 15) is 13.2 Å². The fourth-order valence-electron chi connectivity index (χ4n) is 3.46. The molecule has 0 bridgehead atoms. The zero-order valence-electron chi connectivity index (χ0n) is 15.8. The zero-order chi connectivity index (χ0) is 20.1. The van der Waals surface area contributed by atoms with E-state index in [1.807, 2.05) is 13.0 Å². The van der Waals surface area contributed by atoms with Crippen molar-refractivity contribution in [3.8, 4) is 6.07 Å². The molecule has 0 aromatic heterocycles. The van der Waals surface area contributed by atoms with E-state index in [0.717, 1.165) is 25.7 Å². The number of nitrogens with one attached hydrogen (secondary N) is 1. The van der Waals surface area contributed by atoms with Crippen LogP contribution in [0.25, 0.3) is 0 Å². The number of benzene rings is 2. The van der Waals surface area contributed by atoms with Crippen molar-refractivity contribution in [3.05, 3.63) is 59.7 Å². The maximum absolute atomic E-state index is 13.1. The van der Waals surface area contributed by atoms with Gasteiger partial charge in [0, 0.05) is 23.8 Å². The van der Waals surface area contributed by atoms with Crippen molar-refractivity contribution >= 4 is 21.6 Å². The number of nitrogens with zero attached hydrogens (tertiary/aromatic N) is 2. The number of piperidine rings is 1. The van der Waals surface area contributed by atoms with Crippen LogP contribution in [0.15, 0.2) is 53.4 Å². The third kappa shape index (κ3) is 4.24. The van der Waals surface area contributed by atoms with Crippen molar-refractivity contribution in [1.82, 2.24) is 4.31 Å². The standard InChI is InChI=1S/C21H23N3O3S/c1-2-19-7-3-4-13-24(19)28(26,27)20-8-5-6-17(14-20)21(25)23-18-11-9-16(15-22)10-12-18/h5-6,8-12,14,19H,2-4,7,13H2,1H3,(H,23,25). The molecule has 1 aliphatic heterocycles. The maximum atomic E-state index is 13.1. The molecule has 7 heteroatoms. The van der Waals surface area contributed by atoms with Crippen molar-refractivity contribution in [1.29, 1.82) is 5.26 Å². The van der Waals surface area contributed by atoms with Gasteiger partial charge in [0.2, 0.25) is 10.0 Å². The van der Waals surface area contributed by atoms with Crippen molar-refractivity contribution in [2.24, 2.45) is 0 Å². The predicted octanol–water partition coefficient (Wildman–Crippen LogP) is 3.76. The first kappa shape index (κ1) is 20.1. The molecule has 1 saturated heterocycles. The summed E-state index contributed by atoms with van der Waals surface area (Å²) < 4.78 is 27.8. The number of amides is 1. The first-order valence-corrected chi connectivity index (χ1v) is 10.8.